The number of anilines is 2. The van der Waals surface area contributed by atoms with E-state index in [1.54, 1.807) is 44.2 Å². The van der Waals surface area contributed by atoms with Gasteiger partial charge in [0, 0.05) is 63.1 Å². The van der Waals surface area contributed by atoms with Gasteiger partial charge in [0.2, 0.25) is 5.56 Å². The fourth-order valence-electron chi connectivity index (χ4n) is 6.41. The largest absolute Gasteiger partial charge is 0.469 e. The minimum absolute atomic E-state index is 0.114. The van der Waals surface area contributed by atoms with Crippen LogP contribution in [-0.4, -0.2) is 92.8 Å². The zero-order chi connectivity index (χ0) is 35.5. The van der Waals surface area contributed by atoms with Crippen LogP contribution in [0.5, 0.6) is 0 Å². The molecule has 5 rings (SSSR count). The van der Waals surface area contributed by atoms with Crippen LogP contribution in [0.4, 0.5) is 28.9 Å². The van der Waals surface area contributed by atoms with Gasteiger partial charge in [0.15, 0.2) is 0 Å². The number of aromatic nitrogens is 1. The number of rotatable bonds is 9. The van der Waals surface area contributed by atoms with Crippen molar-refractivity contribution in [2.24, 2.45) is 5.41 Å². The quantitative estimate of drug-likeness (QED) is 0.240. The second kappa shape index (κ2) is 14.7. The van der Waals surface area contributed by atoms with Crippen LogP contribution in [0.25, 0.3) is 11.1 Å². The highest BCUT2D eigenvalue weighted by Crippen LogP contribution is 2.37. The minimum atomic E-state index is -4.97. The Bertz CT molecular complexity index is 1740. The van der Waals surface area contributed by atoms with E-state index in [1.807, 2.05) is 11.9 Å². The highest BCUT2D eigenvalue weighted by Gasteiger charge is 2.38. The lowest BCUT2D eigenvalue weighted by atomic mass is 9.84. The number of alkyl halides is 3. The van der Waals surface area contributed by atoms with Crippen molar-refractivity contribution >= 4 is 23.3 Å². The number of amides is 1. The predicted octanol–water partition coefficient (Wildman–Crippen LogP) is 4.99. The number of hydrogen-bond acceptors (Lipinski definition) is 8. The lowest BCUT2D eigenvalue weighted by Gasteiger charge is -2.43. The number of esters is 1. The maximum atomic E-state index is 15.4. The lowest BCUT2D eigenvalue weighted by Crippen LogP contribution is -2.53. The van der Waals surface area contributed by atoms with Crippen molar-refractivity contribution in [2.75, 3.05) is 70.3 Å². The molecule has 0 aliphatic carbocycles. The van der Waals surface area contributed by atoms with E-state index in [0.717, 1.165) is 24.8 Å². The second-order valence-electron chi connectivity index (χ2n) is 13.2. The highest BCUT2D eigenvalue weighted by atomic mass is 19.4. The van der Waals surface area contributed by atoms with Crippen LogP contribution in [0, 0.1) is 11.2 Å². The van der Waals surface area contributed by atoms with E-state index in [-0.39, 0.29) is 23.3 Å². The predicted molar refractivity (Wildman–Crippen MR) is 177 cm³/mol. The van der Waals surface area contributed by atoms with Gasteiger partial charge >= 0.3 is 12.1 Å². The first-order valence-electron chi connectivity index (χ1n) is 16.0. The molecule has 3 heterocycles. The number of pyridine rings is 1. The zero-order valence-electron chi connectivity index (χ0n) is 28.0. The summed E-state index contributed by atoms with van der Waals surface area (Å²) >= 11 is 0. The van der Waals surface area contributed by atoms with Gasteiger partial charge < -0.3 is 24.7 Å². The molecule has 49 heavy (non-hydrogen) atoms. The first-order valence-corrected chi connectivity index (χ1v) is 16.0. The van der Waals surface area contributed by atoms with E-state index in [2.05, 4.69) is 20.1 Å². The van der Waals surface area contributed by atoms with Crippen LogP contribution in [-0.2, 0) is 27.0 Å². The number of halogens is 4. The molecule has 1 amide bonds. The molecule has 2 aliphatic heterocycles. The number of piperazine rings is 1. The molecule has 0 saturated carbocycles. The molecule has 2 saturated heterocycles. The Balaban J connectivity index is 1.53. The Labute approximate surface area is 282 Å². The topological polar surface area (TPSA) is 107 Å². The summed E-state index contributed by atoms with van der Waals surface area (Å²) in [5.74, 6) is -1.95. The van der Waals surface area contributed by atoms with E-state index in [0.29, 0.717) is 63.1 Å². The fraction of sp³-hybridized carbons (Fsp3) is 0.457. The van der Waals surface area contributed by atoms with E-state index in [1.165, 1.54) is 13.2 Å². The third kappa shape index (κ3) is 8.49. The van der Waals surface area contributed by atoms with Crippen molar-refractivity contribution in [2.45, 2.75) is 39.0 Å². The average Bonchev–Trinajstić information content (AvgIpc) is 3.06. The Hall–Kier alpha value is -4.27. The third-order valence-corrected chi connectivity index (χ3v) is 9.17. The molecular formula is C35H41F4N5O5. The van der Waals surface area contributed by atoms with Gasteiger partial charge in [-0.05, 0) is 62.7 Å². The lowest BCUT2D eigenvalue weighted by molar-refractivity contribution is -0.152. The Morgan fingerprint density at radius 2 is 1.78 bits per heavy atom. The van der Waals surface area contributed by atoms with Crippen LogP contribution in [0.15, 0.2) is 53.5 Å². The number of aromatic amines is 1. The van der Waals surface area contributed by atoms with Gasteiger partial charge in [-0.15, -0.1) is 0 Å². The monoisotopic (exact) mass is 687 g/mol. The van der Waals surface area contributed by atoms with Gasteiger partial charge in [-0.3, -0.25) is 24.2 Å². The van der Waals surface area contributed by atoms with Crippen LogP contribution < -0.4 is 15.8 Å². The van der Waals surface area contributed by atoms with Crippen molar-refractivity contribution in [3.63, 3.8) is 0 Å². The molecule has 10 nitrogen and oxygen atoms in total. The maximum absolute atomic E-state index is 15.4. The molecule has 0 bridgehead atoms. The molecule has 2 N–H and O–H groups in total. The number of nitrogens with one attached hydrogen (secondary N) is 2. The van der Waals surface area contributed by atoms with Crippen molar-refractivity contribution < 1.29 is 36.6 Å². The molecule has 14 heteroatoms. The van der Waals surface area contributed by atoms with Gasteiger partial charge in [0.25, 0.3) is 5.91 Å². The molecule has 2 fully saturated rings. The number of methoxy groups -OCH3 is 1. The third-order valence-electron chi connectivity index (χ3n) is 9.17. The summed E-state index contributed by atoms with van der Waals surface area (Å²) in [7, 11) is 3.29. The first kappa shape index (κ1) is 36.0. The van der Waals surface area contributed by atoms with E-state index >= 15 is 4.39 Å². The molecule has 264 valence electrons. The van der Waals surface area contributed by atoms with Crippen LogP contribution >= 0.6 is 0 Å². The number of carbonyl (C=O) groups excluding carboxylic acids is 2. The number of carbonyl (C=O) groups is 2. The number of likely N-dealkylation sites (N-methyl/N-ethyl adjacent to an activating group) is 1. The summed E-state index contributed by atoms with van der Waals surface area (Å²) in [6, 6.07) is 10.0. The molecule has 1 atom stereocenters. The van der Waals surface area contributed by atoms with Gasteiger partial charge in [-0.25, -0.2) is 4.39 Å². The fourth-order valence-corrected chi connectivity index (χ4v) is 6.41. The molecule has 1 unspecified atom stereocenters. The molecule has 0 spiro atoms. The number of nitrogens with zero attached hydrogens (tertiary/aromatic N) is 3. The summed E-state index contributed by atoms with van der Waals surface area (Å²) in [6.07, 6.45) is -3.77. The first-order chi connectivity index (χ1) is 23.2. The van der Waals surface area contributed by atoms with Gasteiger partial charge in [-0.1, -0.05) is 12.1 Å². The van der Waals surface area contributed by atoms with E-state index < -0.39 is 40.0 Å². The number of hydrogen-bond donors (Lipinski definition) is 2. The summed E-state index contributed by atoms with van der Waals surface area (Å²) in [4.78, 5) is 46.2. The second-order valence-corrected chi connectivity index (χ2v) is 13.2. The van der Waals surface area contributed by atoms with Crippen molar-refractivity contribution in [3.8, 4) is 11.1 Å². The number of ether oxygens (including phenoxy) is 2. The van der Waals surface area contributed by atoms with Gasteiger partial charge in [-0.2, -0.15) is 13.2 Å². The van der Waals surface area contributed by atoms with Gasteiger partial charge in [0.05, 0.1) is 48.2 Å². The molecule has 0 radical (unpaired) electrons. The normalized spacial score (nSPS) is 18.0. The van der Waals surface area contributed by atoms with E-state index in [4.69, 9.17) is 9.47 Å². The summed E-state index contributed by atoms with van der Waals surface area (Å²) in [5, 5.41) is 2.63. The average molecular weight is 688 g/mol. The zero-order valence-corrected chi connectivity index (χ0v) is 28.0. The number of H-pyrrole nitrogens is 1. The van der Waals surface area contributed by atoms with Crippen molar-refractivity contribution in [1.29, 1.82) is 0 Å². The number of morpholine rings is 1. The smallest absolute Gasteiger partial charge is 0.417 e. The molecular weight excluding hydrogens is 646 g/mol. The minimum Gasteiger partial charge on any atom is -0.469 e. The summed E-state index contributed by atoms with van der Waals surface area (Å²) in [6.45, 7) is 8.40. The molecule has 1 aromatic heterocycles. The van der Waals surface area contributed by atoms with Crippen molar-refractivity contribution in [1.82, 2.24) is 14.8 Å². The molecule has 3 aromatic rings. The molecule has 2 aliphatic rings. The number of benzene rings is 2. The van der Waals surface area contributed by atoms with E-state index in [9.17, 15) is 27.6 Å². The van der Waals surface area contributed by atoms with Crippen LogP contribution in [0.3, 0.4) is 0 Å². The Morgan fingerprint density at radius 1 is 1.04 bits per heavy atom. The SMILES string of the molecule is COC(=O)C(C)(C)CC1CN(c2ccc(-c3cc(CN4CCOCC4)ccc3F)cc2NC(=O)c2c[nH]c(=O)cc2C(F)(F)F)CCN1C. The van der Waals surface area contributed by atoms with Gasteiger partial charge in [0.1, 0.15) is 5.82 Å². The van der Waals surface area contributed by atoms with Crippen LogP contribution in [0.1, 0.15) is 41.8 Å². The summed E-state index contributed by atoms with van der Waals surface area (Å²) in [5.41, 5.74) is -1.72. The van der Waals surface area contributed by atoms with Crippen LogP contribution in [0.2, 0.25) is 0 Å². The Kier molecular flexibility index (Phi) is 10.8. The summed E-state index contributed by atoms with van der Waals surface area (Å²) < 4.78 is 67.5. The van der Waals surface area contributed by atoms with Crippen molar-refractivity contribution in [3.05, 3.63) is 81.5 Å². The highest BCUT2D eigenvalue weighted by molar-refractivity contribution is 6.07. The maximum Gasteiger partial charge on any atom is 0.417 e. The standard InChI is InChI=1S/C35H41F4N5O5/c1-34(2,33(47)48-4)18-24-21-44(10-9-42(24)3)30-8-6-23(25-15-22(5-7-28(25)36)20-43-11-13-49-14-12-43)16-29(30)41-32(46)26-19-40-31(45)17-27(26)35(37,38)39/h5-8,15-17,19,24H,9-14,18,20-21H2,1-4H3,(H,40,45)(H,41,46). The molecule has 2 aromatic carbocycles. The Morgan fingerprint density at radius 3 is 2.47 bits per heavy atom.